The van der Waals surface area contributed by atoms with Crippen LogP contribution >= 0.6 is 0 Å². The summed E-state index contributed by atoms with van der Waals surface area (Å²) < 4.78 is 0. The van der Waals surface area contributed by atoms with Crippen molar-refractivity contribution < 1.29 is 4.79 Å². The van der Waals surface area contributed by atoms with Crippen molar-refractivity contribution in [2.45, 2.75) is 19.3 Å². The molecule has 0 aromatic rings. The quantitative estimate of drug-likeness (QED) is 0.521. The van der Waals surface area contributed by atoms with Gasteiger partial charge in [0.1, 0.15) is 0 Å². The minimum Gasteiger partial charge on any atom is -0.291 e. The molecule has 47 valence electrons. The molecule has 2 unspecified atom stereocenters. The van der Waals surface area contributed by atoms with E-state index in [0.29, 0.717) is 0 Å². The molecule has 2 nitrogen and oxygen atoms in total. The van der Waals surface area contributed by atoms with Crippen LogP contribution < -0.4 is 0 Å². The third kappa shape index (κ3) is 1.10. The van der Waals surface area contributed by atoms with Crippen molar-refractivity contribution in [1.82, 2.24) is 0 Å². The van der Waals surface area contributed by atoms with Gasteiger partial charge in [0.2, 0.25) is 6.29 Å². The smallest absolute Gasteiger partial charge is 0.203 e. The zero-order chi connectivity index (χ0) is 6.69. The summed E-state index contributed by atoms with van der Waals surface area (Å²) in [5.41, 5.74) is 0. The van der Waals surface area contributed by atoms with Gasteiger partial charge in [-0.1, -0.05) is 6.42 Å². The van der Waals surface area contributed by atoms with Crippen molar-refractivity contribution in [2.24, 2.45) is 11.8 Å². The van der Waals surface area contributed by atoms with Gasteiger partial charge in [0.05, 0.1) is 12.0 Å². The first-order chi connectivity index (χ1) is 4.38. The monoisotopic (exact) mass is 122 g/mol. The fourth-order valence-electron chi connectivity index (χ4n) is 1.26. The van der Waals surface area contributed by atoms with E-state index in [0.717, 1.165) is 19.3 Å². The van der Waals surface area contributed by atoms with Crippen LogP contribution in [0.2, 0.25) is 0 Å². The molecule has 0 bridgehead atoms. The maximum absolute atomic E-state index is 10.1. The SMILES string of the molecule is N#CC1CCCC1[C]=O. The molecule has 2 heteroatoms. The predicted molar refractivity (Wildman–Crippen MR) is 32.1 cm³/mol. The van der Waals surface area contributed by atoms with Crippen molar-refractivity contribution in [1.29, 1.82) is 5.26 Å². The highest BCUT2D eigenvalue weighted by Gasteiger charge is 2.26. The van der Waals surface area contributed by atoms with Crippen LogP contribution in [0.25, 0.3) is 0 Å². The second kappa shape index (κ2) is 2.63. The van der Waals surface area contributed by atoms with Gasteiger partial charge in [-0.2, -0.15) is 5.26 Å². The third-order valence-electron chi connectivity index (χ3n) is 1.83. The van der Waals surface area contributed by atoms with E-state index < -0.39 is 0 Å². The van der Waals surface area contributed by atoms with Gasteiger partial charge >= 0.3 is 0 Å². The Balaban J connectivity index is 2.53. The van der Waals surface area contributed by atoms with E-state index >= 15 is 0 Å². The molecular formula is C7H8NO. The fraction of sp³-hybridized carbons (Fsp3) is 0.714. The van der Waals surface area contributed by atoms with Gasteiger partial charge in [0.25, 0.3) is 0 Å². The van der Waals surface area contributed by atoms with Gasteiger partial charge in [0, 0.05) is 5.92 Å². The molecule has 1 saturated carbocycles. The Morgan fingerprint density at radius 1 is 1.33 bits per heavy atom. The minimum absolute atomic E-state index is 0.0394. The Labute approximate surface area is 54.5 Å². The lowest BCUT2D eigenvalue weighted by Gasteiger charge is -1.99. The lowest BCUT2D eigenvalue weighted by Crippen LogP contribution is -2.05. The number of hydrogen-bond acceptors (Lipinski definition) is 2. The van der Waals surface area contributed by atoms with Gasteiger partial charge in [-0.25, -0.2) is 0 Å². The highest BCUT2D eigenvalue weighted by molar-refractivity contribution is 5.56. The lowest BCUT2D eigenvalue weighted by atomic mass is 10.00. The lowest BCUT2D eigenvalue weighted by molar-refractivity contribution is 0.498. The molecule has 0 heterocycles. The molecule has 1 rings (SSSR count). The van der Waals surface area contributed by atoms with Crippen molar-refractivity contribution in [2.75, 3.05) is 0 Å². The first-order valence-corrected chi connectivity index (χ1v) is 3.15. The van der Waals surface area contributed by atoms with Gasteiger partial charge in [-0.15, -0.1) is 0 Å². The Kier molecular flexibility index (Phi) is 1.84. The first kappa shape index (κ1) is 6.28. The number of rotatable bonds is 1. The molecule has 1 aliphatic rings. The highest BCUT2D eigenvalue weighted by Crippen LogP contribution is 2.28. The van der Waals surface area contributed by atoms with Gasteiger partial charge < -0.3 is 0 Å². The summed E-state index contributed by atoms with van der Waals surface area (Å²) in [6, 6.07) is 2.10. The van der Waals surface area contributed by atoms with E-state index in [1.807, 2.05) is 6.29 Å². The second-order valence-corrected chi connectivity index (χ2v) is 2.39. The molecule has 0 saturated heterocycles. The van der Waals surface area contributed by atoms with Gasteiger partial charge in [-0.05, 0) is 12.8 Å². The maximum Gasteiger partial charge on any atom is 0.203 e. The molecule has 0 aromatic heterocycles. The predicted octanol–water partition coefficient (Wildman–Crippen LogP) is 1.04. The van der Waals surface area contributed by atoms with Crippen molar-refractivity contribution in [3.05, 3.63) is 0 Å². The normalized spacial score (nSPS) is 33.7. The number of carbonyl (C=O) groups excluding carboxylic acids is 1. The molecule has 9 heavy (non-hydrogen) atoms. The number of nitrogens with zero attached hydrogens (tertiary/aromatic N) is 1. The van der Waals surface area contributed by atoms with Crippen LogP contribution in [-0.4, -0.2) is 6.29 Å². The number of hydrogen-bond donors (Lipinski definition) is 0. The molecule has 0 aliphatic heterocycles. The summed E-state index contributed by atoms with van der Waals surface area (Å²) in [7, 11) is 0. The van der Waals surface area contributed by atoms with Crippen molar-refractivity contribution in [3.63, 3.8) is 0 Å². The first-order valence-electron chi connectivity index (χ1n) is 3.15. The third-order valence-corrected chi connectivity index (χ3v) is 1.83. The molecule has 0 amide bonds. The summed E-state index contributed by atoms with van der Waals surface area (Å²) in [6.07, 6.45) is 4.65. The average molecular weight is 122 g/mol. The van der Waals surface area contributed by atoms with Crippen LogP contribution in [0.3, 0.4) is 0 Å². The fourth-order valence-corrected chi connectivity index (χ4v) is 1.26. The molecular weight excluding hydrogens is 114 g/mol. The standard InChI is InChI=1S/C7H8NO/c8-4-6-2-1-3-7(6)5-9/h6-7H,1-3H2. The molecule has 1 fully saturated rings. The van der Waals surface area contributed by atoms with Crippen LogP contribution in [-0.2, 0) is 4.79 Å². The summed E-state index contributed by atoms with van der Waals surface area (Å²) in [5.74, 6) is -0.127. The molecule has 2 atom stereocenters. The molecule has 0 aromatic carbocycles. The zero-order valence-corrected chi connectivity index (χ0v) is 5.13. The Bertz CT molecular complexity index is 147. The Hall–Kier alpha value is -0.840. The van der Waals surface area contributed by atoms with Gasteiger partial charge in [-0.3, -0.25) is 4.79 Å². The molecule has 0 N–H and O–H groups in total. The van der Waals surface area contributed by atoms with E-state index in [4.69, 9.17) is 5.26 Å². The van der Waals surface area contributed by atoms with Crippen molar-refractivity contribution >= 4 is 6.29 Å². The van der Waals surface area contributed by atoms with Crippen LogP contribution in [0.1, 0.15) is 19.3 Å². The minimum atomic E-state index is -0.0880. The van der Waals surface area contributed by atoms with E-state index in [1.54, 1.807) is 0 Å². The summed E-state index contributed by atoms with van der Waals surface area (Å²) in [4.78, 5) is 10.1. The topological polar surface area (TPSA) is 40.9 Å². The Morgan fingerprint density at radius 2 is 2.00 bits per heavy atom. The van der Waals surface area contributed by atoms with E-state index in [9.17, 15) is 4.79 Å². The van der Waals surface area contributed by atoms with E-state index in [1.165, 1.54) is 0 Å². The van der Waals surface area contributed by atoms with Crippen LogP contribution in [0.5, 0.6) is 0 Å². The highest BCUT2D eigenvalue weighted by atomic mass is 16.1. The maximum atomic E-state index is 10.1. The molecule has 0 spiro atoms. The number of nitriles is 1. The largest absolute Gasteiger partial charge is 0.291 e. The van der Waals surface area contributed by atoms with Crippen molar-refractivity contribution in [3.8, 4) is 6.07 Å². The van der Waals surface area contributed by atoms with Gasteiger partial charge in [0.15, 0.2) is 0 Å². The molecule has 1 aliphatic carbocycles. The summed E-state index contributed by atoms with van der Waals surface area (Å²) in [5, 5.41) is 8.44. The summed E-state index contributed by atoms with van der Waals surface area (Å²) >= 11 is 0. The van der Waals surface area contributed by atoms with Crippen LogP contribution in [0, 0.1) is 23.2 Å². The molecule has 1 radical (unpaired) electrons. The van der Waals surface area contributed by atoms with E-state index in [2.05, 4.69) is 6.07 Å². The van der Waals surface area contributed by atoms with Crippen LogP contribution in [0.4, 0.5) is 0 Å². The summed E-state index contributed by atoms with van der Waals surface area (Å²) in [6.45, 7) is 0. The zero-order valence-electron chi connectivity index (χ0n) is 5.13. The second-order valence-electron chi connectivity index (χ2n) is 2.39. The van der Waals surface area contributed by atoms with E-state index in [-0.39, 0.29) is 11.8 Å². The average Bonchev–Trinajstić information content (AvgIpc) is 2.33. The van der Waals surface area contributed by atoms with Crippen LogP contribution in [0.15, 0.2) is 0 Å². The Morgan fingerprint density at radius 3 is 2.44 bits per heavy atom.